The van der Waals surface area contributed by atoms with Crippen LogP contribution in [0.3, 0.4) is 0 Å². The number of nitrogens with two attached hydrogens (primary N) is 1. The first-order chi connectivity index (χ1) is 6.03. The maximum Gasteiger partial charge on any atom is 0.264 e. The molecular formula is C9H10F3N. The summed E-state index contributed by atoms with van der Waals surface area (Å²) in [4.78, 5) is 0. The first-order valence-corrected chi connectivity index (χ1v) is 3.86. The average molecular weight is 189 g/mol. The molecule has 1 rings (SSSR count). The second-order valence-electron chi connectivity index (χ2n) is 2.86. The maximum atomic E-state index is 12.7. The Morgan fingerprint density at radius 2 is 1.69 bits per heavy atom. The van der Waals surface area contributed by atoms with Crippen LogP contribution in [0.4, 0.5) is 13.2 Å². The third-order valence-electron chi connectivity index (χ3n) is 1.67. The van der Waals surface area contributed by atoms with Gasteiger partial charge in [0, 0.05) is 6.42 Å². The van der Waals surface area contributed by atoms with Gasteiger partial charge < -0.3 is 5.73 Å². The molecule has 0 saturated carbocycles. The number of hydrogen-bond donors (Lipinski definition) is 1. The van der Waals surface area contributed by atoms with E-state index in [-0.39, 0.29) is 0 Å². The Bertz CT molecular complexity index is 269. The summed E-state index contributed by atoms with van der Waals surface area (Å²) in [7, 11) is 0. The molecule has 1 nitrogen and oxygen atoms in total. The van der Waals surface area contributed by atoms with Crippen LogP contribution < -0.4 is 5.73 Å². The average Bonchev–Trinajstić information content (AvgIpc) is 2.09. The molecule has 0 bridgehead atoms. The lowest BCUT2D eigenvalue weighted by Gasteiger charge is -2.13. The molecular weight excluding hydrogens is 179 g/mol. The van der Waals surface area contributed by atoms with E-state index in [0.29, 0.717) is 5.56 Å². The van der Waals surface area contributed by atoms with E-state index in [1.807, 2.05) is 0 Å². The van der Waals surface area contributed by atoms with E-state index in [9.17, 15) is 13.2 Å². The highest BCUT2D eigenvalue weighted by Gasteiger charge is 2.26. The van der Waals surface area contributed by atoms with Crippen molar-refractivity contribution in [3.63, 3.8) is 0 Å². The molecule has 0 spiro atoms. The number of halogens is 3. The van der Waals surface area contributed by atoms with E-state index in [4.69, 9.17) is 5.73 Å². The largest absolute Gasteiger partial charge is 0.325 e. The monoisotopic (exact) mass is 189 g/mol. The fourth-order valence-corrected chi connectivity index (χ4v) is 0.973. The van der Waals surface area contributed by atoms with Gasteiger partial charge in [0.25, 0.3) is 5.92 Å². The molecule has 0 amide bonds. The third kappa shape index (κ3) is 3.06. The van der Waals surface area contributed by atoms with Crippen LogP contribution in [0.1, 0.15) is 5.56 Å². The van der Waals surface area contributed by atoms with Gasteiger partial charge in [0.05, 0.1) is 6.54 Å². The summed E-state index contributed by atoms with van der Waals surface area (Å²) in [6.45, 7) is -0.690. The van der Waals surface area contributed by atoms with E-state index in [0.717, 1.165) is 12.1 Å². The van der Waals surface area contributed by atoms with Crippen molar-refractivity contribution < 1.29 is 13.2 Å². The molecule has 0 aliphatic heterocycles. The molecule has 0 aliphatic carbocycles. The summed E-state index contributed by atoms with van der Waals surface area (Å²) in [5.74, 6) is -3.34. The van der Waals surface area contributed by atoms with E-state index in [1.54, 1.807) is 0 Å². The smallest absolute Gasteiger partial charge is 0.264 e. The van der Waals surface area contributed by atoms with Gasteiger partial charge in [-0.05, 0) is 17.7 Å². The summed E-state index contributed by atoms with van der Waals surface area (Å²) >= 11 is 0. The molecule has 2 N–H and O–H groups in total. The highest BCUT2D eigenvalue weighted by Crippen LogP contribution is 2.18. The lowest BCUT2D eigenvalue weighted by Crippen LogP contribution is -2.30. The first kappa shape index (κ1) is 10.1. The zero-order valence-electron chi connectivity index (χ0n) is 6.93. The topological polar surface area (TPSA) is 26.0 Å². The van der Waals surface area contributed by atoms with Crippen molar-refractivity contribution in [1.82, 2.24) is 0 Å². The molecule has 0 radical (unpaired) electrons. The SMILES string of the molecule is NCC(F)(F)Cc1ccc(F)cc1. The van der Waals surface area contributed by atoms with Crippen molar-refractivity contribution in [2.75, 3.05) is 6.54 Å². The Hall–Kier alpha value is -1.03. The van der Waals surface area contributed by atoms with Crippen molar-refractivity contribution in [3.8, 4) is 0 Å². The van der Waals surface area contributed by atoms with Crippen molar-refractivity contribution in [2.45, 2.75) is 12.3 Å². The van der Waals surface area contributed by atoms with Gasteiger partial charge in [-0.3, -0.25) is 0 Å². The van der Waals surface area contributed by atoms with E-state index < -0.39 is 24.7 Å². The molecule has 4 heteroatoms. The van der Waals surface area contributed by atoms with Crippen LogP contribution in [-0.4, -0.2) is 12.5 Å². The lowest BCUT2D eigenvalue weighted by molar-refractivity contribution is 0.0115. The number of hydrogen-bond acceptors (Lipinski definition) is 1. The molecule has 13 heavy (non-hydrogen) atoms. The minimum Gasteiger partial charge on any atom is -0.325 e. The van der Waals surface area contributed by atoms with Gasteiger partial charge >= 0.3 is 0 Å². The molecule has 0 fully saturated rings. The molecule has 0 atom stereocenters. The van der Waals surface area contributed by atoms with Crippen LogP contribution in [0, 0.1) is 5.82 Å². The predicted molar refractivity (Wildman–Crippen MR) is 44.1 cm³/mol. The molecule has 1 aromatic carbocycles. The highest BCUT2D eigenvalue weighted by molar-refractivity contribution is 5.17. The van der Waals surface area contributed by atoms with Crippen molar-refractivity contribution in [1.29, 1.82) is 0 Å². The van der Waals surface area contributed by atoms with E-state index in [2.05, 4.69) is 0 Å². The highest BCUT2D eigenvalue weighted by atomic mass is 19.3. The van der Waals surface area contributed by atoms with Crippen LogP contribution in [-0.2, 0) is 6.42 Å². The molecule has 0 saturated heterocycles. The van der Waals surface area contributed by atoms with Gasteiger partial charge in [0.15, 0.2) is 0 Å². The van der Waals surface area contributed by atoms with Gasteiger partial charge in [-0.25, -0.2) is 13.2 Å². The standard InChI is InChI=1S/C9H10F3N/c10-8-3-1-7(2-4-8)5-9(11,12)6-13/h1-4H,5-6,13H2. The molecule has 72 valence electrons. The molecule has 0 aliphatic rings. The second-order valence-corrected chi connectivity index (χ2v) is 2.86. The quantitative estimate of drug-likeness (QED) is 0.772. The molecule has 1 aromatic rings. The van der Waals surface area contributed by atoms with Crippen molar-refractivity contribution in [3.05, 3.63) is 35.6 Å². The zero-order valence-corrected chi connectivity index (χ0v) is 6.93. The third-order valence-corrected chi connectivity index (χ3v) is 1.67. The predicted octanol–water partition coefficient (Wildman–Crippen LogP) is 1.96. The van der Waals surface area contributed by atoms with Crippen molar-refractivity contribution >= 4 is 0 Å². The fraction of sp³-hybridized carbons (Fsp3) is 0.333. The zero-order chi connectivity index (χ0) is 9.90. The maximum absolute atomic E-state index is 12.7. The summed E-state index contributed by atoms with van der Waals surface area (Å²) in [6.07, 6.45) is -0.441. The fourth-order valence-electron chi connectivity index (χ4n) is 0.973. The first-order valence-electron chi connectivity index (χ1n) is 3.86. The summed E-state index contributed by atoms with van der Waals surface area (Å²) in [6, 6.07) is 4.97. The van der Waals surface area contributed by atoms with Gasteiger partial charge in [-0.2, -0.15) is 0 Å². The Kier molecular flexibility index (Phi) is 2.93. The summed E-state index contributed by atoms with van der Waals surface area (Å²) < 4.78 is 37.8. The van der Waals surface area contributed by atoms with E-state index in [1.165, 1.54) is 12.1 Å². The Morgan fingerprint density at radius 1 is 1.15 bits per heavy atom. The lowest BCUT2D eigenvalue weighted by atomic mass is 10.1. The Balaban J connectivity index is 2.69. The van der Waals surface area contributed by atoms with Crippen LogP contribution in [0.2, 0.25) is 0 Å². The minimum absolute atomic E-state index is 0.386. The molecule has 0 heterocycles. The van der Waals surface area contributed by atoms with Crippen LogP contribution in [0.25, 0.3) is 0 Å². The number of alkyl halides is 2. The minimum atomic E-state index is -2.90. The van der Waals surface area contributed by atoms with Crippen molar-refractivity contribution in [2.24, 2.45) is 5.73 Å². The van der Waals surface area contributed by atoms with Gasteiger partial charge in [-0.15, -0.1) is 0 Å². The second kappa shape index (κ2) is 3.79. The molecule has 0 unspecified atom stereocenters. The van der Waals surface area contributed by atoms with Gasteiger partial charge in [0.2, 0.25) is 0 Å². The van der Waals surface area contributed by atoms with Crippen LogP contribution in [0.5, 0.6) is 0 Å². The van der Waals surface area contributed by atoms with Crippen LogP contribution in [0.15, 0.2) is 24.3 Å². The Morgan fingerprint density at radius 3 is 2.15 bits per heavy atom. The van der Waals surface area contributed by atoms with E-state index >= 15 is 0 Å². The van der Waals surface area contributed by atoms with Crippen LogP contribution >= 0.6 is 0 Å². The number of benzene rings is 1. The normalized spacial score (nSPS) is 11.7. The van der Waals surface area contributed by atoms with Gasteiger partial charge in [-0.1, -0.05) is 12.1 Å². The molecule has 0 aromatic heterocycles. The van der Waals surface area contributed by atoms with Gasteiger partial charge in [0.1, 0.15) is 5.82 Å². The summed E-state index contributed by atoms with van der Waals surface area (Å²) in [5, 5.41) is 0. The Labute approximate surface area is 74.4 Å². The number of rotatable bonds is 3. The summed E-state index contributed by atoms with van der Waals surface area (Å²) in [5.41, 5.74) is 5.25.